The molecular weight excluding hydrogens is 182 g/mol. The minimum atomic E-state index is 0.225. The van der Waals surface area contributed by atoms with E-state index in [0.29, 0.717) is 0 Å². The van der Waals surface area contributed by atoms with Gasteiger partial charge in [-0.05, 0) is 30.5 Å². The smallest absolute Gasteiger partial charge is 0.0509 e. The van der Waals surface area contributed by atoms with Crippen molar-refractivity contribution in [1.29, 1.82) is 0 Å². The lowest BCUT2D eigenvalue weighted by Crippen LogP contribution is -2.09. The molecule has 1 heteroatoms. The van der Waals surface area contributed by atoms with Crippen LogP contribution in [0.25, 0.3) is 0 Å². The molecule has 1 fully saturated rings. The van der Waals surface area contributed by atoms with Crippen LogP contribution in [-0.2, 0) is 5.41 Å². The molecule has 0 amide bonds. The molecule has 1 aromatic heterocycles. The van der Waals surface area contributed by atoms with Crippen molar-refractivity contribution in [3.8, 4) is 0 Å². The number of nitrogens with zero attached hydrogens (tertiary/aromatic N) is 1. The van der Waals surface area contributed by atoms with E-state index < -0.39 is 0 Å². The predicted octanol–water partition coefficient (Wildman–Crippen LogP) is 3.16. The summed E-state index contributed by atoms with van der Waals surface area (Å²) in [5.41, 5.74) is 2.85. The second-order valence-corrected chi connectivity index (χ2v) is 4.16. The Morgan fingerprint density at radius 1 is 0.867 bits per heavy atom. The maximum atomic E-state index is 4.49. The minimum Gasteiger partial charge on any atom is -0.260 e. The van der Waals surface area contributed by atoms with Gasteiger partial charge in [-0.1, -0.05) is 36.4 Å². The molecule has 0 bridgehead atoms. The van der Waals surface area contributed by atoms with Crippen molar-refractivity contribution in [3.63, 3.8) is 0 Å². The second kappa shape index (κ2) is 3.20. The third-order valence-corrected chi connectivity index (χ3v) is 3.23. The average molecular weight is 195 g/mol. The van der Waals surface area contributed by atoms with Crippen molar-refractivity contribution in [2.75, 3.05) is 0 Å². The summed E-state index contributed by atoms with van der Waals surface area (Å²) in [5.74, 6) is 0. The van der Waals surface area contributed by atoms with E-state index in [-0.39, 0.29) is 5.41 Å². The summed E-state index contributed by atoms with van der Waals surface area (Å²) in [6.07, 6.45) is 4.35. The van der Waals surface area contributed by atoms with Gasteiger partial charge < -0.3 is 0 Å². The van der Waals surface area contributed by atoms with Crippen molar-refractivity contribution < 1.29 is 0 Å². The summed E-state index contributed by atoms with van der Waals surface area (Å²) in [6.45, 7) is 0. The summed E-state index contributed by atoms with van der Waals surface area (Å²) in [4.78, 5) is 4.49. The zero-order chi connectivity index (χ0) is 10.1. The van der Waals surface area contributed by atoms with Crippen LogP contribution in [0.1, 0.15) is 24.1 Å². The Kier molecular flexibility index (Phi) is 1.84. The van der Waals surface area contributed by atoms with Gasteiger partial charge in [0.15, 0.2) is 0 Å². The van der Waals surface area contributed by atoms with Crippen LogP contribution in [0.5, 0.6) is 0 Å². The van der Waals surface area contributed by atoms with Crippen LogP contribution in [0, 0.1) is 0 Å². The number of benzene rings is 1. The lowest BCUT2D eigenvalue weighted by atomic mass is 9.92. The Balaban J connectivity index is 2.06. The largest absolute Gasteiger partial charge is 0.260 e. The lowest BCUT2D eigenvalue weighted by molar-refractivity contribution is 0.803. The number of pyridine rings is 1. The van der Waals surface area contributed by atoms with Gasteiger partial charge in [0.05, 0.1) is 5.69 Å². The van der Waals surface area contributed by atoms with Crippen molar-refractivity contribution in [2.45, 2.75) is 18.3 Å². The molecule has 1 aliphatic rings. The van der Waals surface area contributed by atoms with Crippen LogP contribution >= 0.6 is 0 Å². The minimum absolute atomic E-state index is 0.225. The van der Waals surface area contributed by atoms with E-state index in [1.165, 1.54) is 24.1 Å². The fourth-order valence-corrected chi connectivity index (χ4v) is 2.22. The summed E-state index contributed by atoms with van der Waals surface area (Å²) in [7, 11) is 0. The highest BCUT2D eigenvalue weighted by Crippen LogP contribution is 2.52. The van der Waals surface area contributed by atoms with Gasteiger partial charge in [-0.25, -0.2) is 0 Å². The van der Waals surface area contributed by atoms with Crippen molar-refractivity contribution in [1.82, 2.24) is 4.98 Å². The Labute approximate surface area is 89.8 Å². The van der Waals surface area contributed by atoms with Gasteiger partial charge in [0.1, 0.15) is 0 Å². The van der Waals surface area contributed by atoms with Crippen LogP contribution in [0.4, 0.5) is 0 Å². The Bertz CT molecular complexity index is 402. The topological polar surface area (TPSA) is 12.9 Å². The fourth-order valence-electron chi connectivity index (χ4n) is 2.22. The third kappa shape index (κ3) is 1.35. The van der Waals surface area contributed by atoms with Gasteiger partial charge in [0.25, 0.3) is 0 Å². The number of hydrogen-bond donors (Lipinski definition) is 0. The Hall–Kier alpha value is -1.63. The van der Waals surface area contributed by atoms with Crippen LogP contribution in [-0.4, -0.2) is 4.98 Å². The summed E-state index contributed by atoms with van der Waals surface area (Å²) >= 11 is 0. The zero-order valence-electron chi connectivity index (χ0n) is 8.56. The molecule has 2 aromatic rings. The van der Waals surface area contributed by atoms with E-state index >= 15 is 0 Å². The predicted molar refractivity (Wildman–Crippen MR) is 60.7 cm³/mol. The van der Waals surface area contributed by atoms with Crippen molar-refractivity contribution in [3.05, 3.63) is 66.0 Å². The first kappa shape index (κ1) is 8.66. The van der Waals surface area contributed by atoms with Gasteiger partial charge in [0, 0.05) is 11.6 Å². The zero-order valence-corrected chi connectivity index (χ0v) is 8.56. The summed E-state index contributed by atoms with van der Waals surface area (Å²) in [5, 5.41) is 0. The van der Waals surface area contributed by atoms with E-state index in [1.54, 1.807) is 0 Å². The van der Waals surface area contributed by atoms with Crippen molar-refractivity contribution in [2.24, 2.45) is 0 Å². The first-order valence-corrected chi connectivity index (χ1v) is 5.39. The first-order valence-electron chi connectivity index (χ1n) is 5.39. The average Bonchev–Trinajstić information content (AvgIpc) is 3.13. The molecule has 74 valence electrons. The number of hydrogen-bond acceptors (Lipinski definition) is 1. The van der Waals surface area contributed by atoms with E-state index in [0.717, 1.165) is 0 Å². The summed E-state index contributed by atoms with van der Waals surface area (Å²) < 4.78 is 0. The second-order valence-electron chi connectivity index (χ2n) is 4.16. The molecule has 0 unspecified atom stereocenters. The molecule has 0 aliphatic heterocycles. The van der Waals surface area contributed by atoms with E-state index in [2.05, 4.69) is 47.4 Å². The molecule has 15 heavy (non-hydrogen) atoms. The van der Waals surface area contributed by atoms with Crippen LogP contribution in [0.3, 0.4) is 0 Å². The van der Waals surface area contributed by atoms with Gasteiger partial charge in [-0.3, -0.25) is 4.98 Å². The lowest BCUT2D eigenvalue weighted by Gasteiger charge is -2.14. The molecule has 1 heterocycles. The SMILES string of the molecule is c1ccc(C2(c3ccccn3)CC2)cc1. The van der Waals surface area contributed by atoms with Gasteiger partial charge in [0.2, 0.25) is 0 Å². The van der Waals surface area contributed by atoms with E-state index in [4.69, 9.17) is 0 Å². The molecule has 1 aliphatic carbocycles. The molecule has 0 atom stereocenters. The van der Waals surface area contributed by atoms with Crippen molar-refractivity contribution >= 4 is 0 Å². The molecular formula is C14H13N. The third-order valence-electron chi connectivity index (χ3n) is 3.23. The normalized spacial score (nSPS) is 17.3. The molecule has 1 saturated carbocycles. The molecule has 0 N–H and O–H groups in total. The quantitative estimate of drug-likeness (QED) is 0.717. The van der Waals surface area contributed by atoms with Crippen LogP contribution < -0.4 is 0 Å². The van der Waals surface area contributed by atoms with Gasteiger partial charge in [-0.15, -0.1) is 0 Å². The molecule has 0 spiro atoms. The summed E-state index contributed by atoms with van der Waals surface area (Å²) in [6, 6.07) is 16.9. The molecule has 0 saturated heterocycles. The molecule has 0 radical (unpaired) electrons. The molecule has 1 aromatic carbocycles. The van der Waals surface area contributed by atoms with E-state index in [1.807, 2.05) is 12.3 Å². The van der Waals surface area contributed by atoms with Gasteiger partial charge in [-0.2, -0.15) is 0 Å². The Morgan fingerprint density at radius 3 is 2.20 bits per heavy atom. The van der Waals surface area contributed by atoms with E-state index in [9.17, 15) is 0 Å². The first-order chi connectivity index (χ1) is 7.42. The molecule has 3 rings (SSSR count). The standard InChI is InChI=1S/C14H13N/c1-2-6-12(7-3-1)14(9-10-14)13-8-4-5-11-15-13/h1-8,11H,9-10H2. The monoisotopic (exact) mass is 195 g/mol. The fraction of sp³-hybridized carbons (Fsp3) is 0.214. The molecule has 1 nitrogen and oxygen atoms in total. The maximum absolute atomic E-state index is 4.49. The van der Waals surface area contributed by atoms with Gasteiger partial charge >= 0.3 is 0 Å². The number of aromatic nitrogens is 1. The number of rotatable bonds is 2. The Morgan fingerprint density at radius 2 is 1.60 bits per heavy atom. The highest BCUT2D eigenvalue weighted by Gasteiger charge is 2.46. The van der Waals surface area contributed by atoms with Crippen LogP contribution in [0.2, 0.25) is 0 Å². The highest BCUT2D eigenvalue weighted by molar-refractivity contribution is 5.41. The van der Waals surface area contributed by atoms with Crippen LogP contribution in [0.15, 0.2) is 54.7 Å². The highest BCUT2D eigenvalue weighted by atomic mass is 14.7. The maximum Gasteiger partial charge on any atom is 0.0509 e.